The van der Waals surface area contributed by atoms with E-state index in [1.165, 1.54) is 6.26 Å². The smallest absolute Gasteiger partial charge is 0.289 e. The number of carbonyl (C=O) groups excluding carboxylic acids is 1. The monoisotopic (exact) mass is 357 g/mol. The highest BCUT2D eigenvalue weighted by Crippen LogP contribution is 2.45. The van der Waals surface area contributed by atoms with Crippen LogP contribution in [0.4, 0.5) is 0 Å². The summed E-state index contributed by atoms with van der Waals surface area (Å²) in [5.41, 5.74) is 0.153. The lowest BCUT2D eigenvalue weighted by molar-refractivity contribution is -0.0827. The van der Waals surface area contributed by atoms with Crippen LogP contribution in [-0.2, 0) is 4.74 Å². The molecule has 138 valence electrons. The minimum Gasteiger partial charge on any atom is -0.476 e. The molecule has 2 saturated heterocycles. The molecule has 1 amide bonds. The number of furan rings is 1. The third-order valence-corrected chi connectivity index (χ3v) is 5.68. The zero-order valence-corrected chi connectivity index (χ0v) is 14.7. The number of rotatable bonds is 4. The van der Waals surface area contributed by atoms with Gasteiger partial charge in [-0.1, -0.05) is 0 Å². The van der Waals surface area contributed by atoms with Gasteiger partial charge in [0, 0.05) is 38.0 Å². The van der Waals surface area contributed by atoms with Crippen LogP contribution in [0.25, 0.3) is 0 Å². The molecule has 0 N–H and O–H groups in total. The van der Waals surface area contributed by atoms with Crippen LogP contribution in [-0.4, -0.2) is 53.7 Å². The van der Waals surface area contributed by atoms with Gasteiger partial charge in [0.05, 0.1) is 25.7 Å². The fourth-order valence-electron chi connectivity index (χ4n) is 4.02. The van der Waals surface area contributed by atoms with Crippen LogP contribution in [0, 0.1) is 11.3 Å². The number of likely N-dealkylation sites (tertiary alicyclic amines) is 1. The average Bonchev–Trinajstić information content (AvgIpc) is 3.23. The minimum absolute atomic E-state index is 0.0238. The Balaban J connectivity index is 1.39. The normalized spacial score (nSPS) is 22.3. The van der Waals surface area contributed by atoms with Crippen molar-refractivity contribution in [3.05, 3.63) is 42.7 Å². The van der Waals surface area contributed by atoms with Crippen LogP contribution in [0.1, 0.15) is 29.8 Å². The fraction of sp³-hybridized carbons (Fsp3) is 0.526. The van der Waals surface area contributed by atoms with E-state index in [9.17, 15) is 4.79 Å². The van der Waals surface area contributed by atoms with Crippen molar-refractivity contribution in [3.8, 4) is 5.88 Å². The summed E-state index contributed by atoms with van der Waals surface area (Å²) in [4.78, 5) is 22.6. The van der Waals surface area contributed by atoms with Gasteiger partial charge in [0.2, 0.25) is 5.88 Å². The molecule has 1 spiro atoms. The van der Waals surface area contributed by atoms with Crippen molar-refractivity contribution in [1.29, 1.82) is 0 Å². The van der Waals surface area contributed by atoms with Crippen LogP contribution in [0.3, 0.4) is 0 Å². The number of hydrogen-bond acceptors (Lipinski definition) is 6. The van der Waals surface area contributed by atoms with Crippen molar-refractivity contribution >= 4 is 5.91 Å². The highest BCUT2D eigenvalue weighted by atomic mass is 16.5. The van der Waals surface area contributed by atoms with Crippen LogP contribution in [0.5, 0.6) is 5.88 Å². The maximum absolute atomic E-state index is 12.5. The van der Waals surface area contributed by atoms with Gasteiger partial charge in [-0.3, -0.25) is 9.78 Å². The summed E-state index contributed by atoms with van der Waals surface area (Å²) in [6.07, 6.45) is 9.34. The van der Waals surface area contributed by atoms with Crippen molar-refractivity contribution in [2.75, 3.05) is 32.9 Å². The molecule has 7 nitrogen and oxygen atoms in total. The summed E-state index contributed by atoms with van der Waals surface area (Å²) in [6, 6.07) is 3.47. The SMILES string of the molecule is O=C(c1ccco1)N1CCC2(CCOC[C@H]2COc2cnccn2)CC1. The Morgan fingerprint density at radius 2 is 2.19 bits per heavy atom. The second-order valence-corrected chi connectivity index (χ2v) is 7.01. The Bertz CT molecular complexity index is 712. The second kappa shape index (κ2) is 7.45. The molecule has 0 saturated carbocycles. The molecule has 0 aliphatic carbocycles. The van der Waals surface area contributed by atoms with E-state index >= 15 is 0 Å². The lowest BCUT2D eigenvalue weighted by Gasteiger charge is -2.48. The number of carbonyl (C=O) groups is 1. The summed E-state index contributed by atoms with van der Waals surface area (Å²) in [6.45, 7) is 3.49. The second-order valence-electron chi connectivity index (χ2n) is 7.01. The summed E-state index contributed by atoms with van der Waals surface area (Å²) in [5.74, 6) is 1.22. The summed E-state index contributed by atoms with van der Waals surface area (Å²) in [5, 5.41) is 0. The lowest BCUT2D eigenvalue weighted by Crippen LogP contribution is -2.50. The van der Waals surface area contributed by atoms with E-state index in [2.05, 4.69) is 9.97 Å². The number of aromatic nitrogens is 2. The van der Waals surface area contributed by atoms with Gasteiger partial charge in [-0.25, -0.2) is 4.98 Å². The molecule has 7 heteroatoms. The molecule has 2 aliphatic heterocycles. The Hall–Kier alpha value is -2.41. The van der Waals surface area contributed by atoms with Gasteiger partial charge in [0.15, 0.2) is 5.76 Å². The number of amides is 1. The first kappa shape index (κ1) is 17.0. The number of piperidine rings is 1. The molecule has 2 fully saturated rings. The summed E-state index contributed by atoms with van der Waals surface area (Å²) in [7, 11) is 0. The highest BCUT2D eigenvalue weighted by Gasteiger charge is 2.44. The van der Waals surface area contributed by atoms with Gasteiger partial charge in [-0.15, -0.1) is 0 Å². The molecule has 0 unspecified atom stereocenters. The highest BCUT2D eigenvalue weighted by molar-refractivity contribution is 5.91. The van der Waals surface area contributed by atoms with E-state index < -0.39 is 0 Å². The maximum atomic E-state index is 12.5. The Morgan fingerprint density at radius 3 is 2.92 bits per heavy atom. The molecule has 2 aliphatic rings. The lowest BCUT2D eigenvalue weighted by atomic mass is 9.66. The zero-order chi connectivity index (χ0) is 17.8. The quantitative estimate of drug-likeness (QED) is 0.836. The Kier molecular flexibility index (Phi) is 4.88. The predicted molar refractivity (Wildman–Crippen MR) is 92.7 cm³/mol. The molecule has 0 aromatic carbocycles. The van der Waals surface area contributed by atoms with E-state index in [-0.39, 0.29) is 11.3 Å². The fourth-order valence-corrected chi connectivity index (χ4v) is 4.02. The molecule has 2 aromatic heterocycles. The molecule has 26 heavy (non-hydrogen) atoms. The van der Waals surface area contributed by atoms with Crippen molar-refractivity contribution in [2.24, 2.45) is 11.3 Å². The largest absolute Gasteiger partial charge is 0.476 e. The van der Waals surface area contributed by atoms with Crippen molar-refractivity contribution in [2.45, 2.75) is 19.3 Å². The molecular formula is C19H23N3O4. The van der Waals surface area contributed by atoms with Crippen molar-refractivity contribution in [1.82, 2.24) is 14.9 Å². The maximum Gasteiger partial charge on any atom is 0.289 e. The molecule has 4 rings (SSSR count). The summed E-state index contributed by atoms with van der Waals surface area (Å²) >= 11 is 0. The van der Waals surface area contributed by atoms with E-state index in [0.29, 0.717) is 30.8 Å². The van der Waals surface area contributed by atoms with Crippen LogP contribution in [0.15, 0.2) is 41.4 Å². The summed E-state index contributed by atoms with van der Waals surface area (Å²) < 4.78 is 16.8. The number of nitrogens with zero attached hydrogens (tertiary/aromatic N) is 3. The zero-order valence-electron chi connectivity index (χ0n) is 14.7. The van der Waals surface area contributed by atoms with Crippen LogP contribution in [0.2, 0.25) is 0 Å². The van der Waals surface area contributed by atoms with Gasteiger partial charge < -0.3 is 18.8 Å². The molecular weight excluding hydrogens is 334 g/mol. The predicted octanol–water partition coefficient (Wildman–Crippen LogP) is 2.41. The van der Waals surface area contributed by atoms with Gasteiger partial charge in [-0.05, 0) is 36.8 Å². The molecule has 1 atom stereocenters. The molecule has 0 radical (unpaired) electrons. The van der Waals surface area contributed by atoms with E-state index in [1.54, 1.807) is 30.7 Å². The number of hydrogen-bond donors (Lipinski definition) is 0. The average molecular weight is 357 g/mol. The van der Waals surface area contributed by atoms with E-state index in [4.69, 9.17) is 13.9 Å². The van der Waals surface area contributed by atoms with Gasteiger partial charge in [0.1, 0.15) is 0 Å². The van der Waals surface area contributed by atoms with Crippen molar-refractivity contribution < 1.29 is 18.7 Å². The van der Waals surface area contributed by atoms with Gasteiger partial charge in [-0.2, -0.15) is 0 Å². The van der Waals surface area contributed by atoms with E-state index in [1.807, 2.05) is 4.90 Å². The molecule has 0 bridgehead atoms. The minimum atomic E-state index is -0.0238. The molecule has 2 aromatic rings. The topological polar surface area (TPSA) is 77.7 Å². The third-order valence-electron chi connectivity index (χ3n) is 5.68. The Labute approximate surface area is 152 Å². The molecule has 4 heterocycles. The Morgan fingerprint density at radius 1 is 1.31 bits per heavy atom. The van der Waals surface area contributed by atoms with Gasteiger partial charge >= 0.3 is 0 Å². The first-order valence-corrected chi connectivity index (χ1v) is 9.06. The van der Waals surface area contributed by atoms with Crippen LogP contribution >= 0.6 is 0 Å². The standard InChI is InChI=1S/C19H23N3O4/c23-18(16-2-1-10-25-16)22-8-3-19(4-9-22)5-11-24-13-15(19)14-26-17-12-20-6-7-21-17/h1-2,6-7,10,12,15H,3-5,8-9,11,13-14H2/t15-/m0/s1. The van der Waals surface area contributed by atoms with Crippen molar-refractivity contribution in [3.63, 3.8) is 0 Å². The first-order valence-electron chi connectivity index (χ1n) is 9.06. The third kappa shape index (κ3) is 3.44. The van der Waals surface area contributed by atoms with E-state index in [0.717, 1.165) is 39.0 Å². The number of ether oxygens (including phenoxy) is 2. The van der Waals surface area contributed by atoms with Crippen LogP contribution < -0.4 is 4.74 Å². The van der Waals surface area contributed by atoms with Gasteiger partial charge in [0.25, 0.3) is 5.91 Å². The first-order chi connectivity index (χ1) is 12.8.